The van der Waals surface area contributed by atoms with Crippen LogP contribution in [-0.2, 0) is 0 Å². The van der Waals surface area contributed by atoms with Gasteiger partial charge >= 0.3 is 5.97 Å². The molecule has 0 bridgehead atoms. The third-order valence-electron chi connectivity index (χ3n) is 3.11. The first kappa shape index (κ1) is 14.3. The van der Waals surface area contributed by atoms with Gasteiger partial charge in [-0.2, -0.15) is 9.78 Å². The van der Waals surface area contributed by atoms with Gasteiger partial charge < -0.3 is 10.2 Å². The molecule has 0 spiro atoms. The second-order valence-corrected chi connectivity index (χ2v) is 5.43. The largest absolute Gasteiger partial charge is 0.493 e. The molecule has 2 aromatic heterocycles. The Hall–Kier alpha value is -2.67. The maximum atomic E-state index is 10.8. The zero-order valence-electron chi connectivity index (χ0n) is 11.1. The minimum Gasteiger partial charge on any atom is -0.493 e. The highest BCUT2D eigenvalue weighted by Crippen LogP contribution is 2.31. The highest BCUT2D eigenvalue weighted by atomic mass is 79.9. The number of pyridine rings is 1. The van der Waals surface area contributed by atoms with E-state index in [0.717, 1.165) is 10.0 Å². The molecule has 2 N–H and O–H groups in total. The summed E-state index contributed by atoms with van der Waals surface area (Å²) in [6, 6.07) is 10.3. The molecule has 0 radical (unpaired) electrons. The fourth-order valence-electron chi connectivity index (χ4n) is 1.98. The number of carbonyl (C=O) groups is 1. The fourth-order valence-corrected chi connectivity index (χ4v) is 2.24. The van der Waals surface area contributed by atoms with Crippen molar-refractivity contribution < 1.29 is 15.0 Å². The van der Waals surface area contributed by atoms with Crippen molar-refractivity contribution in [2.24, 2.45) is 0 Å². The molecule has 3 aromatic rings. The van der Waals surface area contributed by atoms with Crippen LogP contribution in [0.3, 0.4) is 0 Å². The molecule has 6 nitrogen and oxygen atoms in total. The van der Waals surface area contributed by atoms with Crippen LogP contribution in [0.5, 0.6) is 5.88 Å². The van der Waals surface area contributed by atoms with Crippen LogP contribution < -0.4 is 0 Å². The van der Waals surface area contributed by atoms with Crippen molar-refractivity contribution in [1.29, 1.82) is 0 Å². The number of halogens is 1. The van der Waals surface area contributed by atoms with Gasteiger partial charge in [-0.05, 0) is 29.8 Å². The zero-order valence-corrected chi connectivity index (χ0v) is 12.7. The van der Waals surface area contributed by atoms with Crippen molar-refractivity contribution in [2.45, 2.75) is 0 Å². The minimum absolute atomic E-state index is 0.0575. The topological polar surface area (TPSA) is 88.2 Å². The van der Waals surface area contributed by atoms with Crippen LogP contribution in [0.4, 0.5) is 0 Å². The number of hydrogen-bond acceptors (Lipinski definition) is 4. The molecule has 0 aliphatic rings. The predicted molar refractivity (Wildman–Crippen MR) is 83.1 cm³/mol. The monoisotopic (exact) mass is 359 g/mol. The lowest BCUT2D eigenvalue weighted by molar-refractivity contribution is 0.0696. The van der Waals surface area contributed by atoms with E-state index in [1.807, 2.05) is 24.3 Å². The molecule has 0 unspecified atom stereocenters. The number of benzene rings is 1. The first-order valence-electron chi connectivity index (χ1n) is 6.29. The summed E-state index contributed by atoms with van der Waals surface area (Å²) in [5, 5.41) is 23.3. The van der Waals surface area contributed by atoms with E-state index in [0.29, 0.717) is 11.4 Å². The summed E-state index contributed by atoms with van der Waals surface area (Å²) < 4.78 is 2.19. The van der Waals surface area contributed by atoms with Crippen molar-refractivity contribution in [3.63, 3.8) is 0 Å². The summed E-state index contributed by atoms with van der Waals surface area (Å²) in [6.45, 7) is 0. The van der Waals surface area contributed by atoms with E-state index >= 15 is 0 Å². The smallest absolute Gasteiger partial charge is 0.337 e. The Balaban J connectivity index is 1.99. The summed E-state index contributed by atoms with van der Waals surface area (Å²) >= 11 is 3.36. The Labute approximate surface area is 133 Å². The molecule has 0 fully saturated rings. The minimum atomic E-state index is -1.06. The van der Waals surface area contributed by atoms with Crippen LogP contribution in [0.25, 0.3) is 16.9 Å². The van der Waals surface area contributed by atoms with E-state index in [2.05, 4.69) is 26.0 Å². The maximum Gasteiger partial charge on any atom is 0.337 e. The highest BCUT2D eigenvalue weighted by Gasteiger charge is 2.14. The van der Waals surface area contributed by atoms with E-state index in [9.17, 15) is 9.90 Å². The molecule has 0 aliphatic heterocycles. The number of nitrogens with zero attached hydrogens (tertiary/aromatic N) is 3. The third-order valence-corrected chi connectivity index (χ3v) is 3.64. The van der Waals surface area contributed by atoms with Crippen molar-refractivity contribution in [1.82, 2.24) is 14.8 Å². The summed E-state index contributed by atoms with van der Waals surface area (Å²) in [7, 11) is 0. The number of carboxylic acid groups (broad SMARTS) is 1. The molecule has 3 rings (SSSR count). The van der Waals surface area contributed by atoms with Crippen LogP contribution in [-0.4, -0.2) is 30.9 Å². The van der Waals surface area contributed by atoms with E-state index in [-0.39, 0.29) is 11.4 Å². The lowest BCUT2D eigenvalue weighted by Gasteiger charge is -2.04. The Bertz CT molecular complexity index is 826. The molecular formula is C15H10BrN3O3. The molecule has 1 aromatic carbocycles. The van der Waals surface area contributed by atoms with Gasteiger partial charge in [-0.1, -0.05) is 28.1 Å². The van der Waals surface area contributed by atoms with Crippen LogP contribution >= 0.6 is 15.9 Å². The van der Waals surface area contributed by atoms with Crippen LogP contribution in [0.15, 0.2) is 53.3 Å². The van der Waals surface area contributed by atoms with Gasteiger partial charge in [0, 0.05) is 10.7 Å². The molecule has 0 amide bonds. The van der Waals surface area contributed by atoms with E-state index in [1.54, 1.807) is 0 Å². The Morgan fingerprint density at radius 2 is 1.82 bits per heavy atom. The predicted octanol–water partition coefficient (Wildman–Crippen LogP) is 3.10. The van der Waals surface area contributed by atoms with Crippen molar-refractivity contribution in [3.8, 4) is 22.8 Å². The summed E-state index contributed by atoms with van der Waals surface area (Å²) in [5.74, 6) is -0.775. The van der Waals surface area contributed by atoms with Crippen molar-refractivity contribution in [3.05, 3.63) is 58.8 Å². The summed E-state index contributed by atoms with van der Waals surface area (Å²) in [4.78, 5) is 14.8. The fraction of sp³-hybridized carbons (Fsp3) is 0. The first-order valence-corrected chi connectivity index (χ1v) is 7.08. The third kappa shape index (κ3) is 2.58. The SMILES string of the molecule is O=C(O)c1ccc(-n2ncc(-c3ccc(Br)cc3)c2O)nc1. The van der Waals surface area contributed by atoms with Gasteiger partial charge in [0.15, 0.2) is 5.82 Å². The number of carboxylic acids is 1. The maximum absolute atomic E-state index is 10.8. The van der Waals surface area contributed by atoms with Crippen LogP contribution in [0.2, 0.25) is 0 Å². The number of hydrogen-bond donors (Lipinski definition) is 2. The van der Waals surface area contributed by atoms with E-state index in [4.69, 9.17) is 5.11 Å². The van der Waals surface area contributed by atoms with Gasteiger partial charge in [-0.15, -0.1) is 0 Å². The van der Waals surface area contributed by atoms with Gasteiger partial charge in [0.05, 0.1) is 17.3 Å². The Kier molecular flexibility index (Phi) is 3.64. The first-order chi connectivity index (χ1) is 10.6. The molecule has 0 saturated heterocycles. The summed E-state index contributed by atoms with van der Waals surface area (Å²) in [6.07, 6.45) is 2.75. The average Bonchev–Trinajstić information content (AvgIpc) is 2.90. The normalized spacial score (nSPS) is 10.6. The Morgan fingerprint density at radius 1 is 1.09 bits per heavy atom. The molecule has 0 aliphatic carbocycles. The lowest BCUT2D eigenvalue weighted by atomic mass is 10.1. The van der Waals surface area contributed by atoms with Gasteiger partial charge in [0.25, 0.3) is 0 Å². The van der Waals surface area contributed by atoms with Crippen molar-refractivity contribution in [2.75, 3.05) is 0 Å². The number of aromatic hydroxyl groups is 1. The number of aromatic carboxylic acids is 1. The average molecular weight is 360 g/mol. The second-order valence-electron chi connectivity index (χ2n) is 4.51. The molecule has 7 heteroatoms. The molecule has 0 saturated carbocycles. The van der Waals surface area contributed by atoms with Gasteiger partial charge in [-0.25, -0.2) is 9.78 Å². The standard InChI is InChI=1S/C15H10BrN3O3/c16-11-4-1-9(2-5-11)12-8-18-19(14(12)20)13-6-3-10(7-17-13)15(21)22/h1-8,20H,(H,21,22). The van der Waals surface area contributed by atoms with Crippen molar-refractivity contribution >= 4 is 21.9 Å². The molecular weight excluding hydrogens is 350 g/mol. The highest BCUT2D eigenvalue weighted by molar-refractivity contribution is 9.10. The summed E-state index contributed by atoms with van der Waals surface area (Å²) in [5.41, 5.74) is 1.45. The quantitative estimate of drug-likeness (QED) is 0.749. The molecule has 110 valence electrons. The number of rotatable bonds is 3. The van der Waals surface area contributed by atoms with E-state index in [1.165, 1.54) is 29.2 Å². The molecule has 0 atom stereocenters. The second kappa shape index (κ2) is 5.61. The molecule has 2 heterocycles. The van der Waals surface area contributed by atoms with Gasteiger partial charge in [0.1, 0.15) is 0 Å². The lowest BCUT2D eigenvalue weighted by Crippen LogP contribution is -2.02. The zero-order chi connectivity index (χ0) is 15.7. The van der Waals surface area contributed by atoms with Gasteiger partial charge in [-0.3, -0.25) is 0 Å². The van der Waals surface area contributed by atoms with E-state index < -0.39 is 5.97 Å². The van der Waals surface area contributed by atoms with Gasteiger partial charge in [0.2, 0.25) is 5.88 Å². The van der Waals surface area contributed by atoms with Crippen LogP contribution in [0.1, 0.15) is 10.4 Å². The van der Waals surface area contributed by atoms with Crippen LogP contribution in [0, 0.1) is 0 Å². The molecule has 22 heavy (non-hydrogen) atoms. The Morgan fingerprint density at radius 3 is 2.41 bits per heavy atom. The number of aromatic nitrogens is 3.